The predicted octanol–water partition coefficient (Wildman–Crippen LogP) is 4.40. The molecule has 1 N–H and O–H groups in total. The van der Waals surface area contributed by atoms with E-state index in [1.807, 2.05) is 51.2 Å². The van der Waals surface area contributed by atoms with Crippen molar-refractivity contribution in [2.45, 2.75) is 40.5 Å². The van der Waals surface area contributed by atoms with E-state index in [-0.39, 0.29) is 21.1 Å². The Morgan fingerprint density at radius 2 is 1.89 bits per heavy atom. The van der Waals surface area contributed by atoms with E-state index >= 15 is 0 Å². The fourth-order valence-corrected chi connectivity index (χ4v) is 1.13. The van der Waals surface area contributed by atoms with E-state index < -0.39 is 0 Å². The maximum atomic E-state index is 3.88. The molecule has 0 saturated carbocycles. The summed E-state index contributed by atoms with van der Waals surface area (Å²) in [5, 5.41) is 7.91. The molecule has 0 aliphatic rings. The molecule has 2 aromatic rings. The van der Waals surface area contributed by atoms with Crippen molar-refractivity contribution in [2.75, 3.05) is 0 Å². The Balaban J connectivity index is 0. The normalized spacial score (nSPS) is 7.56. The Morgan fingerprint density at radius 3 is 2.39 bits per heavy atom. The Hall–Kier alpha value is -1.06. The van der Waals surface area contributed by atoms with Gasteiger partial charge in [0.15, 0.2) is 0 Å². The molecule has 0 radical (unpaired) electrons. The summed E-state index contributed by atoms with van der Waals surface area (Å²) in [4.78, 5) is 0. The van der Waals surface area contributed by atoms with Gasteiger partial charge in [-0.2, -0.15) is 5.10 Å². The molecule has 0 atom stereocenters. The summed E-state index contributed by atoms with van der Waals surface area (Å²) in [6, 6.07) is 8.01. The van der Waals surface area contributed by atoms with Crippen molar-refractivity contribution in [1.29, 1.82) is 0 Å². The average Bonchev–Trinajstić information content (AvgIpc) is 2.88. The molecule has 0 spiro atoms. The van der Waals surface area contributed by atoms with Crippen LogP contribution in [0.5, 0.6) is 0 Å². The fourth-order valence-electron chi connectivity index (χ4n) is 1.13. The van der Waals surface area contributed by atoms with Gasteiger partial charge in [-0.25, -0.2) is 0 Å². The molecule has 2 rings (SSSR count). The van der Waals surface area contributed by atoms with E-state index in [1.165, 1.54) is 6.42 Å². The van der Waals surface area contributed by atoms with Crippen molar-refractivity contribution in [1.82, 2.24) is 10.2 Å². The number of H-pyrrole nitrogens is 1. The Kier molecular flexibility index (Phi) is 15.0. The number of aromatic amines is 1. The van der Waals surface area contributed by atoms with Crippen molar-refractivity contribution in [3.05, 3.63) is 30.5 Å². The first kappa shape index (κ1) is 19.3. The molecule has 1 aromatic carbocycles. The molecule has 0 fully saturated rings. The van der Waals surface area contributed by atoms with Gasteiger partial charge in [-0.3, -0.25) is 5.10 Å². The quantitative estimate of drug-likeness (QED) is 0.689. The summed E-state index contributed by atoms with van der Waals surface area (Å²) < 4.78 is 0. The van der Waals surface area contributed by atoms with Crippen molar-refractivity contribution in [3.63, 3.8) is 0 Å². The molecular formula is C15H22N2W. The minimum atomic E-state index is 0. The molecular weight excluding hydrogens is 392 g/mol. The van der Waals surface area contributed by atoms with Gasteiger partial charge in [-0.1, -0.05) is 39.0 Å². The minimum Gasteiger partial charge on any atom is -0.278 e. The molecule has 0 aliphatic carbocycles. The zero-order valence-corrected chi connectivity index (χ0v) is 14.6. The predicted molar refractivity (Wildman–Crippen MR) is 75.8 cm³/mol. The monoisotopic (exact) mass is 414 g/mol. The van der Waals surface area contributed by atoms with Crippen LogP contribution in [0.1, 0.15) is 40.5 Å². The van der Waals surface area contributed by atoms with Crippen molar-refractivity contribution >= 4 is 10.9 Å². The molecule has 2 nitrogen and oxygen atoms in total. The van der Waals surface area contributed by atoms with Crippen LogP contribution in [0.2, 0.25) is 0 Å². The standard InChI is InChI=1S/C7H6N2.C6H10.C2H6.W/c1-2-4-7-6(3-1)5-8-9-7;1-3-5-6-4-2;1-2;/h1-5H,(H,8,9);3,5H2,1-2H3;1-2H3;. The van der Waals surface area contributed by atoms with Crippen LogP contribution < -0.4 is 0 Å². The Bertz CT molecular complexity index is 422. The van der Waals surface area contributed by atoms with E-state index in [0.29, 0.717) is 0 Å². The van der Waals surface area contributed by atoms with Crippen molar-refractivity contribution < 1.29 is 21.1 Å². The maximum absolute atomic E-state index is 3.88. The molecule has 0 aliphatic heterocycles. The first-order chi connectivity index (χ1) is 8.38. The summed E-state index contributed by atoms with van der Waals surface area (Å²) in [5.41, 5.74) is 1.09. The number of rotatable bonds is 1. The fraction of sp³-hybridized carbons (Fsp3) is 0.400. The van der Waals surface area contributed by atoms with Crippen LogP contribution in [0.15, 0.2) is 30.5 Å². The first-order valence-electron chi connectivity index (χ1n) is 6.16. The van der Waals surface area contributed by atoms with Crippen molar-refractivity contribution in [3.8, 4) is 11.8 Å². The molecule has 0 bridgehead atoms. The van der Waals surface area contributed by atoms with E-state index in [0.717, 1.165) is 17.3 Å². The molecule has 0 unspecified atom stereocenters. The minimum absolute atomic E-state index is 0. The van der Waals surface area contributed by atoms with Crippen LogP contribution in [-0.4, -0.2) is 10.2 Å². The van der Waals surface area contributed by atoms with E-state index in [1.54, 1.807) is 0 Å². The van der Waals surface area contributed by atoms with Gasteiger partial charge in [0.05, 0.1) is 11.7 Å². The van der Waals surface area contributed by atoms with E-state index in [4.69, 9.17) is 0 Å². The summed E-state index contributed by atoms with van der Waals surface area (Å²) in [7, 11) is 0. The Labute approximate surface area is 125 Å². The SMILES string of the molecule is CC.CC#CCCC.[W].c1ccc2[nH]ncc2c1. The molecule has 18 heavy (non-hydrogen) atoms. The zero-order chi connectivity index (χ0) is 12.9. The number of aromatic nitrogens is 2. The average molecular weight is 414 g/mol. The third-order valence-corrected chi connectivity index (χ3v) is 1.90. The van der Waals surface area contributed by atoms with Crippen molar-refractivity contribution in [2.24, 2.45) is 0 Å². The third-order valence-electron chi connectivity index (χ3n) is 1.90. The van der Waals surface area contributed by atoms with Crippen LogP contribution in [-0.2, 0) is 21.1 Å². The first-order valence-corrected chi connectivity index (χ1v) is 6.16. The van der Waals surface area contributed by atoms with Gasteiger partial charge in [0.1, 0.15) is 0 Å². The second-order valence-corrected chi connectivity index (χ2v) is 3.13. The summed E-state index contributed by atoms with van der Waals surface area (Å²) >= 11 is 0. The number of hydrogen-bond donors (Lipinski definition) is 1. The molecule has 98 valence electrons. The molecule has 1 heterocycles. The largest absolute Gasteiger partial charge is 0.278 e. The van der Waals surface area contributed by atoms with Crippen LogP contribution >= 0.6 is 0 Å². The number of hydrogen-bond acceptors (Lipinski definition) is 1. The van der Waals surface area contributed by atoms with E-state index in [2.05, 4.69) is 29.0 Å². The van der Waals surface area contributed by atoms with Crippen LogP contribution in [0.3, 0.4) is 0 Å². The van der Waals surface area contributed by atoms with Crippen LogP contribution in [0.25, 0.3) is 10.9 Å². The molecule has 3 heteroatoms. The van der Waals surface area contributed by atoms with Gasteiger partial charge < -0.3 is 0 Å². The van der Waals surface area contributed by atoms with Gasteiger partial charge in [0.25, 0.3) is 0 Å². The number of para-hydroxylation sites is 1. The number of unbranched alkanes of at least 4 members (excludes halogenated alkanes) is 1. The zero-order valence-electron chi connectivity index (χ0n) is 11.7. The molecule has 1 aromatic heterocycles. The number of nitrogens with zero attached hydrogens (tertiary/aromatic N) is 1. The number of benzene rings is 1. The van der Waals surface area contributed by atoms with Crippen LogP contribution in [0.4, 0.5) is 0 Å². The second kappa shape index (κ2) is 14.0. The van der Waals surface area contributed by atoms with Gasteiger partial charge in [-0.15, -0.1) is 11.8 Å². The third kappa shape index (κ3) is 8.09. The Morgan fingerprint density at radius 1 is 1.22 bits per heavy atom. The smallest absolute Gasteiger partial charge is 0.0650 e. The number of fused-ring (bicyclic) bond motifs is 1. The van der Waals surface area contributed by atoms with Gasteiger partial charge in [0.2, 0.25) is 0 Å². The number of nitrogens with one attached hydrogen (secondary N) is 1. The summed E-state index contributed by atoms with van der Waals surface area (Å²) in [5.74, 6) is 5.77. The van der Waals surface area contributed by atoms with Gasteiger partial charge in [-0.05, 0) is 19.4 Å². The topological polar surface area (TPSA) is 28.7 Å². The molecule has 0 saturated heterocycles. The van der Waals surface area contributed by atoms with Crippen LogP contribution in [0, 0.1) is 11.8 Å². The van der Waals surface area contributed by atoms with Gasteiger partial charge >= 0.3 is 0 Å². The second-order valence-electron chi connectivity index (χ2n) is 3.13. The van der Waals surface area contributed by atoms with Gasteiger partial charge in [0, 0.05) is 32.9 Å². The maximum Gasteiger partial charge on any atom is 0.0650 e. The summed E-state index contributed by atoms with van der Waals surface area (Å²) in [6.45, 7) is 8.00. The van der Waals surface area contributed by atoms with E-state index in [9.17, 15) is 0 Å². The molecule has 0 amide bonds. The summed E-state index contributed by atoms with van der Waals surface area (Å²) in [6.07, 6.45) is 4.05.